The van der Waals surface area contributed by atoms with E-state index in [2.05, 4.69) is 12.1 Å². The molecular formula is C11H20N2O. The molecule has 2 N–H and O–H groups in total. The summed E-state index contributed by atoms with van der Waals surface area (Å²) < 4.78 is 5.17. The first-order valence-electron chi connectivity index (χ1n) is 5.49. The van der Waals surface area contributed by atoms with Crippen LogP contribution in [0.15, 0.2) is 10.6 Å². The first-order chi connectivity index (χ1) is 6.77. The van der Waals surface area contributed by atoms with E-state index in [1.54, 1.807) is 0 Å². The Balaban J connectivity index is 2.42. The number of aryl methyl sites for hydroxylation is 1. The molecule has 1 heterocycles. The predicted molar refractivity (Wildman–Crippen MR) is 57.0 cm³/mol. The Morgan fingerprint density at radius 3 is 2.86 bits per heavy atom. The highest BCUT2D eigenvalue weighted by Crippen LogP contribution is 2.15. The van der Waals surface area contributed by atoms with Gasteiger partial charge in [-0.2, -0.15) is 0 Å². The smallest absolute Gasteiger partial charge is 0.153 e. The molecular weight excluding hydrogens is 176 g/mol. The van der Waals surface area contributed by atoms with Crippen molar-refractivity contribution in [3.8, 4) is 0 Å². The lowest BCUT2D eigenvalue weighted by molar-refractivity contribution is 0.353. The number of hydrogen-bond acceptors (Lipinski definition) is 3. The third-order valence-corrected chi connectivity index (χ3v) is 2.42. The second-order valence-electron chi connectivity index (χ2n) is 3.69. The van der Waals surface area contributed by atoms with Gasteiger partial charge in [0.2, 0.25) is 0 Å². The molecule has 3 nitrogen and oxygen atoms in total. The molecule has 1 aromatic rings. The van der Waals surface area contributed by atoms with Crippen LogP contribution in [0.25, 0.3) is 0 Å². The van der Waals surface area contributed by atoms with Crippen LogP contribution in [0.4, 0.5) is 0 Å². The molecule has 0 amide bonds. The first kappa shape index (κ1) is 11.2. The summed E-state index contributed by atoms with van der Waals surface area (Å²) in [5.41, 5.74) is 6.87. The van der Waals surface area contributed by atoms with Crippen molar-refractivity contribution in [2.45, 2.75) is 52.0 Å². The fourth-order valence-corrected chi connectivity index (χ4v) is 1.38. The molecule has 0 aliphatic carbocycles. The second kappa shape index (κ2) is 5.81. The van der Waals surface area contributed by atoms with E-state index in [0.29, 0.717) is 0 Å². The van der Waals surface area contributed by atoms with Gasteiger partial charge in [0.1, 0.15) is 0 Å². The molecule has 3 heteroatoms. The van der Waals surface area contributed by atoms with E-state index in [9.17, 15) is 0 Å². The Bertz CT molecular complexity index is 258. The SMILES string of the molecule is CCCCCc1cc(C(N)CC)on1. The van der Waals surface area contributed by atoms with Gasteiger partial charge in [0, 0.05) is 6.07 Å². The van der Waals surface area contributed by atoms with Gasteiger partial charge in [0.05, 0.1) is 11.7 Å². The average molecular weight is 196 g/mol. The molecule has 0 saturated heterocycles. The van der Waals surface area contributed by atoms with Crippen LogP contribution in [0, 0.1) is 0 Å². The topological polar surface area (TPSA) is 52.0 Å². The average Bonchev–Trinajstić information content (AvgIpc) is 2.66. The molecule has 0 bridgehead atoms. The summed E-state index contributed by atoms with van der Waals surface area (Å²) in [6.07, 6.45) is 5.57. The minimum Gasteiger partial charge on any atom is -0.359 e. The summed E-state index contributed by atoms with van der Waals surface area (Å²) in [6, 6.07) is 1.99. The lowest BCUT2D eigenvalue weighted by Crippen LogP contribution is -2.06. The molecule has 1 atom stereocenters. The van der Waals surface area contributed by atoms with Gasteiger partial charge >= 0.3 is 0 Å². The fourth-order valence-electron chi connectivity index (χ4n) is 1.38. The zero-order valence-corrected chi connectivity index (χ0v) is 9.12. The zero-order valence-electron chi connectivity index (χ0n) is 9.12. The van der Waals surface area contributed by atoms with E-state index in [0.717, 1.165) is 24.3 Å². The third kappa shape index (κ3) is 3.14. The number of rotatable bonds is 6. The minimum absolute atomic E-state index is 0.00225. The monoisotopic (exact) mass is 196 g/mol. The summed E-state index contributed by atoms with van der Waals surface area (Å²) >= 11 is 0. The third-order valence-electron chi connectivity index (χ3n) is 2.42. The van der Waals surface area contributed by atoms with Crippen LogP contribution in [-0.2, 0) is 6.42 Å². The number of nitrogens with two attached hydrogens (primary N) is 1. The van der Waals surface area contributed by atoms with Gasteiger partial charge in [-0.25, -0.2) is 0 Å². The number of hydrogen-bond donors (Lipinski definition) is 1. The summed E-state index contributed by atoms with van der Waals surface area (Å²) in [5.74, 6) is 0.819. The Morgan fingerprint density at radius 1 is 1.43 bits per heavy atom. The van der Waals surface area contributed by atoms with Crippen molar-refractivity contribution >= 4 is 0 Å². The molecule has 0 spiro atoms. The van der Waals surface area contributed by atoms with Gasteiger partial charge < -0.3 is 10.3 Å². The molecule has 1 rings (SSSR count). The highest BCUT2D eigenvalue weighted by Gasteiger charge is 2.09. The Labute approximate surface area is 85.7 Å². The van der Waals surface area contributed by atoms with E-state index >= 15 is 0 Å². The molecule has 1 aromatic heterocycles. The molecule has 0 radical (unpaired) electrons. The molecule has 0 aliphatic rings. The molecule has 0 aliphatic heterocycles. The maximum atomic E-state index is 5.83. The number of unbranched alkanes of at least 4 members (excludes halogenated alkanes) is 2. The van der Waals surface area contributed by atoms with Crippen LogP contribution in [-0.4, -0.2) is 5.16 Å². The second-order valence-corrected chi connectivity index (χ2v) is 3.69. The summed E-state index contributed by atoms with van der Waals surface area (Å²) in [7, 11) is 0. The van der Waals surface area contributed by atoms with Crippen LogP contribution in [0.2, 0.25) is 0 Å². The molecule has 80 valence electrons. The maximum absolute atomic E-state index is 5.83. The summed E-state index contributed by atoms with van der Waals surface area (Å²) in [5, 5.41) is 4.00. The largest absolute Gasteiger partial charge is 0.359 e. The van der Waals surface area contributed by atoms with E-state index in [4.69, 9.17) is 10.3 Å². The van der Waals surface area contributed by atoms with Gasteiger partial charge in [-0.3, -0.25) is 0 Å². The van der Waals surface area contributed by atoms with Crippen molar-refractivity contribution < 1.29 is 4.52 Å². The summed E-state index contributed by atoms with van der Waals surface area (Å²) in [6.45, 7) is 4.24. The number of nitrogens with zero attached hydrogens (tertiary/aromatic N) is 1. The quantitative estimate of drug-likeness (QED) is 0.712. The number of aromatic nitrogens is 1. The molecule has 0 fully saturated rings. The highest BCUT2D eigenvalue weighted by atomic mass is 16.5. The zero-order chi connectivity index (χ0) is 10.4. The van der Waals surface area contributed by atoms with Crippen molar-refractivity contribution in [1.29, 1.82) is 0 Å². The van der Waals surface area contributed by atoms with E-state index in [1.165, 1.54) is 19.3 Å². The van der Waals surface area contributed by atoms with E-state index in [-0.39, 0.29) is 6.04 Å². The van der Waals surface area contributed by atoms with Crippen molar-refractivity contribution in [3.63, 3.8) is 0 Å². The van der Waals surface area contributed by atoms with Crippen LogP contribution in [0.5, 0.6) is 0 Å². The standard InChI is InChI=1S/C11H20N2O/c1-3-5-6-7-9-8-11(14-13-9)10(12)4-2/h8,10H,3-7,12H2,1-2H3. The lowest BCUT2D eigenvalue weighted by Gasteiger charge is -2.00. The molecule has 14 heavy (non-hydrogen) atoms. The maximum Gasteiger partial charge on any atom is 0.153 e. The molecule has 0 aromatic carbocycles. The summed E-state index contributed by atoms with van der Waals surface area (Å²) in [4.78, 5) is 0. The fraction of sp³-hybridized carbons (Fsp3) is 0.727. The van der Waals surface area contributed by atoms with E-state index in [1.807, 2.05) is 13.0 Å². The van der Waals surface area contributed by atoms with Gasteiger partial charge in [0.25, 0.3) is 0 Å². The lowest BCUT2D eigenvalue weighted by atomic mass is 10.1. The van der Waals surface area contributed by atoms with Gasteiger partial charge in [-0.1, -0.05) is 31.8 Å². The molecule has 0 saturated carbocycles. The predicted octanol–water partition coefficient (Wildman–Crippen LogP) is 2.82. The van der Waals surface area contributed by atoms with Gasteiger partial charge in [-0.15, -0.1) is 0 Å². The van der Waals surface area contributed by atoms with Crippen LogP contribution < -0.4 is 5.73 Å². The highest BCUT2D eigenvalue weighted by molar-refractivity contribution is 5.08. The Morgan fingerprint density at radius 2 is 2.21 bits per heavy atom. The van der Waals surface area contributed by atoms with Crippen molar-refractivity contribution in [1.82, 2.24) is 5.16 Å². The normalized spacial score (nSPS) is 13.1. The van der Waals surface area contributed by atoms with Crippen LogP contribution >= 0.6 is 0 Å². The van der Waals surface area contributed by atoms with Gasteiger partial charge in [-0.05, 0) is 19.3 Å². The van der Waals surface area contributed by atoms with Crippen molar-refractivity contribution in [3.05, 3.63) is 17.5 Å². The Hall–Kier alpha value is -0.830. The Kier molecular flexibility index (Phi) is 4.66. The van der Waals surface area contributed by atoms with Gasteiger partial charge in [0.15, 0.2) is 5.76 Å². The van der Waals surface area contributed by atoms with Crippen LogP contribution in [0.3, 0.4) is 0 Å². The van der Waals surface area contributed by atoms with Crippen molar-refractivity contribution in [2.75, 3.05) is 0 Å². The van der Waals surface area contributed by atoms with Crippen LogP contribution in [0.1, 0.15) is 57.0 Å². The van der Waals surface area contributed by atoms with E-state index < -0.39 is 0 Å². The minimum atomic E-state index is 0.00225. The van der Waals surface area contributed by atoms with Crippen molar-refractivity contribution in [2.24, 2.45) is 5.73 Å². The molecule has 1 unspecified atom stereocenters. The first-order valence-corrected chi connectivity index (χ1v) is 5.49.